The predicted octanol–water partition coefficient (Wildman–Crippen LogP) is 9.29. The number of anilines is 1. The summed E-state index contributed by atoms with van der Waals surface area (Å²) in [6.07, 6.45) is 11.6. The fourth-order valence-electron chi connectivity index (χ4n) is 6.86. The van der Waals surface area contributed by atoms with Crippen molar-refractivity contribution in [1.82, 2.24) is 20.1 Å². The molecule has 0 bridgehead atoms. The van der Waals surface area contributed by atoms with E-state index in [4.69, 9.17) is 9.53 Å². The van der Waals surface area contributed by atoms with Gasteiger partial charge in [-0.3, -0.25) is 19.2 Å². The molecule has 7 N–H and O–H groups in total. The number of nitrogens with zero attached hydrogens (tertiary/aromatic N) is 3. The minimum absolute atomic E-state index is 0.100. The molecule has 3 unspecified atom stereocenters. The van der Waals surface area contributed by atoms with Gasteiger partial charge in [0.15, 0.2) is 6.10 Å². The summed E-state index contributed by atoms with van der Waals surface area (Å²) in [4.78, 5) is 69.4. The van der Waals surface area contributed by atoms with Gasteiger partial charge in [-0.1, -0.05) is 85.8 Å². The Balaban J connectivity index is -0.00000192. The molecule has 2 amide bonds. The number of unbranched alkanes of at least 4 members (excludes halogenated alkanes) is 4. The number of thiazole rings is 1. The highest BCUT2D eigenvalue weighted by atomic mass is 32.1. The number of nitrogens with one attached hydrogen (secondary N) is 2. The van der Waals surface area contributed by atoms with Gasteiger partial charge in [0.25, 0.3) is 5.91 Å². The average molecular weight is 934 g/mol. The van der Waals surface area contributed by atoms with Gasteiger partial charge in [0.1, 0.15) is 17.0 Å². The maximum absolute atomic E-state index is 13.6. The Hall–Kier alpha value is -4.18. The molecule has 0 saturated carbocycles. The average Bonchev–Trinajstić information content (AvgIpc) is 3.81. The van der Waals surface area contributed by atoms with E-state index >= 15 is 0 Å². The van der Waals surface area contributed by atoms with Gasteiger partial charge in [-0.25, -0.2) is 4.98 Å². The Labute approximate surface area is 398 Å². The van der Waals surface area contributed by atoms with Gasteiger partial charge in [0, 0.05) is 63.1 Å². The maximum Gasteiger partial charge on any atom is 0.309 e. The van der Waals surface area contributed by atoms with Crippen LogP contribution in [0.3, 0.4) is 0 Å². The van der Waals surface area contributed by atoms with Gasteiger partial charge in [-0.05, 0) is 103 Å². The number of nitrogens with two attached hydrogens (primary N) is 2. The van der Waals surface area contributed by atoms with Gasteiger partial charge in [-0.2, -0.15) is 0 Å². The Morgan fingerprint density at radius 1 is 1.00 bits per heavy atom. The second-order valence-electron chi connectivity index (χ2n) is 16.4. The van der Waals surface area contributed by atoms with E-state index in [0.717, 1.165) is 49.8 Å². The number of amides is 2. The summed E-state index contributed by atoms with van der Waals surface area (Å²) in [5.74, 6) is -1.62. The number of aldehydes is 1. The number of carbonyl (C=O) groups excluding carboxylic acids is 4. The fraction of sp³-hybridized carbons (Fsp3) is 0.680. The third-order valence-corrected chi connectivity index (χ3v) is 11.3. The van der Waals surface area contributed by atoms with Crippen LogP contribution in [0, 0.1) is 11.3 Å². The summed E-state index contributed by atoms with van der Waals surface area (Å²) in [5.41, 5.74) is 10.2. The van der Waals surface area contributed by atoms with E-state index in [1.165, 1.54) is 57.7 Å². The van der Waals surface area contributed by atoms with Crippen molar-refractivity contribution in [3.05, 3.63) is 59.1 Å². The molecule has 3 rings (SSSR count). The van der Waals surface area contributed by atoms with Gasteiger partial charge < -0.3 is 46.5 Å². The second-order valence-corrected chi connectivity index (χ2v) is 17.3. The smallest absolute Gasteiger partial charge is 0.309 e. The largest absolute Gasteiger partial charge is 0.481 e. The van der Waals surface area contributed by atoms with Crippen molar-refractivity contribution in [2.75, 3.05) is 52.6 Å². The molecule has 1 aromatic heterocycles. The first kappa shape index (κ1) is 65.1. The Morgan fingerprint density at radius 3 is 2.02 bits per heavy atom. The predicted molar refractivity (Wildman–Crippen MR) is 271 cm³/mol. The van der Waals surface area contributed by atoms with E-state index in [0.29, 0.717) is 37.1 Å². The Bertz CT molecular complexity index is 1530. The Morgan fingerprint density at radius 2 is 1.57 bits per heavy atom. The molecular formula is C50H91N7O7S. The van der Waals surface area contributed by atoms with E-state index in [1.54, 1.807) is 19.2 Å². The zero-order valence-electron chi connectivity index (χ0n) is 42.5. The van der Waals surface area contributed by atoms with E-state index in [9.17, 15) is 24.3 Å². The van der Waals surface area contributed by atoms with Gasteiger partial charge >= 0.3 is 11.9 Å². The number of carbonyl (C=O) groups is 5. The normalized spacial score (nSPS) is 13.3. The van der Waals surface area contributed by atoms with Crippen LogP contribution in [0.2, 0.25) is 0 Å². The third-order valence-electron chi connectivity index (χ3n) is 10.4. The maximum atomic E-state index is 13.6. The third kappa shape index (κ3) is 29.2. The number of piperidine rings is 1. The number of rotatable bonds is 23. The number of benzene rings is 1. The molecule has 15 heteroatoms. The van der Waals surface area contributed by atoms with E-state index < -0.39 is 35.4 Å². The molecular weight excluding hydrogens is 843 g/mol. The number of aromatic nitrogens is 1. The number of carboxylic acid groups (broad SMARTS) is 1. The molecule has 14 nitrogen and oxygen atoms in total. The van der Waals surface area contributed by atoms with E-state index in [2.05, 4.69) is 79.9 Å². The number of hydrogen-bond donors (Lipinski definition) is 5. The summed E-state index contributed by atoms with van der Waals surface area (Å²) in [6, 6.07) is 7.13. The molecule has 0 radical (unpaired) electrons. The number of esters is 1. The number of ether oxygens (including phenoxy) is 1. The SMILES string of the molecule is C=C.CC.CCCCCCN(C(=O)CCCC)C(CC(OC(C)=O)c1nc(C(=O)NC(Cc2ccc(NC)cc2)CC(C)(C)C(=O)O)cs1)C(C)C.CN.CN1CCCCC1.NCC=O. The summed E-state index contributed by atoms with van der Waals surface area (Å²) >= 11 is 1.24. The topological polar surface area (TPSA) is 210 Å². The highest BCUT2D eigenvalue weighted by molar-refractivity contribution is 7.09. The molecule has 1 saturated heterocycles. The van der Waals surface area contributed by atoms with Gasteiger partial charge in [-0.15, -0.1) is 24.5 Å². The minimum Gasteiger partial charge on any atom is -0.481 e. The molecule has 1 aromatic carbocycles. The minimum atomic E-state index is -1.07. The summed E-state index contributed by atoms with van der Waals surface area (Å²) in [6.45, 7) is 26.5. The lowest BCUT2D eigenvalue weighted by atomic mass is 9.84. The zero-order valence-corrected chi connectivity index (χ0v) is 43.3. The van der Waals surface area contributed by atoms with Crippen molar-refractivity contribution in [1.29, 1.82) is 0 Å². The van der Waals surface area contributed by atoms with Crippen LogP contribution in [-0.2, 0) is 30.3 Å². The highest BCUT2D eigenvalue weighted by Crippen LogP contribution is 2.32. The molecule has 65 heavy (non-hydrogen) atoms. The lowest BCUT2D eigenvalue weighted by Gasteiger charge is -2.36. The van der Waals surface area contributed by atoms with Crippen molar-refractivity contribution >= 4 is 47.1 Å². The van der Waals surface area contributed by atoms with Crippen LogP contribution < -0.4 is 22.1 Å². The molecule has 0 aliphatic carbocycles. The van der Waals surface area contributed by atoms with Crippen LogP contribution in [0.15, 0.2) is 42.8 Å². The highest BCUT2D eigenvalue weighted by Gasteiger charge is 2.34. The molecule has 1 aliphatic rings. The summed E-state index contributed by atoms with van der Waals surface area (Å²) < 4.78 is 5.80. The van der Waals surface area contributed by atoms with Gasteiger partial charge in [0.2, 0.25) is 5.91 Å². The van der Waals surface area contributed by atoms with Crippen LogP contribution in [0.1, 0.15) is 167 Å². The zero-order chi connectivity index (χ0) is 50.4. The van der Waals surface area contributed by atoms with E-state index in [1.807, 2.05) is 50.1 Å². The van der Waals surface area contributed by atoms with E-state index in [-0.39, 0.29) is 36.5 Å². The molecule has 3 atom stereocenters. The Kier molecular flexibility index (Phi) is 40.2. The van der Waals surface area contributed by atoms with Crippen LogP contribution in [0.5, 0.6) is 0 Å². The second kappa shape index (κ2) is 40.1. The lowest BCUT2D eigenvalue weighted by Crippen LogP contribution is -2.45. The lowest BCUT2D eigenvalue weighted by molar-refractivity contribution is -0.149. The first-order chi connectivity index (χ1) is 31.0. The molecule has 374 valence electrons. The fourth-order valence-corrected chi connectivity index (χ4v) is 7.69. The summed E-state index contributed by atoms with van der Waals surface area (Å²) in [5, 5.41) is 18.0. The molecule has 2 heterocycles. The van der Waals surface area contributed by atoms with Crippen LogP contribution in [-0.4, -0.2) is 109 Å². The number of aliphatic carboxylic acids is 1. The number of likely N-dealkylation sites (tertiary alicyclic amines) is 1. The molecule has 2 aromatic rings. The van der Waals surface area contributed by atoms with Crippen LogP contribution >= 0.6 is 11.3 Å². The monoisotopic (exact) mass is 934 g/mol. The standard InChI is InChI=1S/C37H58N4O6S.C6H13N.C2H5NO.C2H6.C2H4.CH5N/c1-9-11-13-14-20-41(33(43)15-12-10-2)31(25(3)4)22-32(47-26(5)42)35-40-30(24-48-35)34(44)39-29(23-37(6,7)36(45)46)21-27-16-18-28(38-8)19-17-27;1-7-5-3-2-4-6-7;3-1-2-4;3*1-2/h16-19,24-25,29,31-32,38H,9-15,20-23H2,1-8H3,(H,39,44)(H,45,46);2-6H2,1H3;2H,1,3H2;1-2H3;1-2H2;2H2,1H3. The number of carboxylic acids is 1. The molecule has 1 aliphatic heterocycles. The molecule has 0 spiro atoms. The van der Waals surface area contributed by atoms with Crippen LogP contribution in [0.25, 0.3) is 0 Å². The first-order valence-corrected chi connectivity index (χ1v) is 24.5. The van der Waals surface area contributed by atoms with Crippen molar-refractivity contribution < 1.29 is 33.8 Å². The summed E-state index contributed by atoms with van der Waals surface area (Å²) in [7, 11) is 5.53. The van der Waals surface area contributed by atoms with Crippen LogP contribution in [0.4, 0.5) is 5.69 Å². The first-order valence-electron chi connectivity index (χ1n) is 23.7. The molecule has 1 fully saturated rings. The quantitative estimate of drug-likeness (QED) is 0.0306. The van der Waals surface area contributed by atoms with Crippen molar-refractivity contribution in [2.45, 2.75) is 164 Å². The number of hydrogen-bond acceptors (Lipinski definition) is 12. The van der Waals surface area contributed by atoms with Crippen molar-refractivity contribution in [2.24, 2.45) is 22.8 Å². The van der Waals surface area contributed by atoms with Crippen molar-refractivity contribution in [3.63, 3.8) is 0 Å². The van der Waals surface area contributed by atoms with Crippen molar-refractivity contribution in [3.8, 4) is 0 Å². The van der Waals surface area contributed by atoms with Gasteiger partial charge in [0.05, 0.1) is 5.41 Å².